The van der Waals surface area contributed by atoms with Crippen molar-refractivity contribution in [3.8, 4) is 0 Å². The number of hydrogen-bond acceptors (Lipinski definition) is 2. The number of hydrogen-bond donors (Lipinski definition) is 0. The lowest BCUT2D eigenvalue weighted by molar-refractivity contribution is -0.132. The van der Waals surface area contributed by atoms with Gasteiger partial charge in [-0.1, -0.05) is 53.5 Å². The molecular formula is C19H20Cl2N2O. The topological polar surface area (TPSA) is 23.6 Å². The number of rotatable bonds is 4. The van der Waals surface area contributed by atoms with Crippen molar-refractivity contribution in [1.29, 1.82) is 0 Å². The van der Waals surface area contributed by atoms with Gasteiger partial charge < -0.3 is 4.90 Å². The molecule has 1 fully saturated rings. The second kappa shape index (κ2) is 8.02. The largest absolute Gasteiger partial charge is 0.340 e. The van der Waals surface area contributed by atoms with E-state index in [-0.39, 0.29) is 5.91 Å². The molecule has 1 heterocycles. The van der Waals surface area contributed by atoms with Crippen LogP contribution in [0.5, 0.6) is 0 Å². The van der Waals surface area contributed by atoms with Crippen LogP contribution in [-0.4, -0.2) is 41.9 Å². The lowest BCUT2D eigenvalue weighted by Gasteiger charge is -2.35. The third kappa shape index (κ3) is 4.50. The smallest absolute Gasteiger partial charge is 0.227 e. The summed E-state index contributed by atoms with van der Waals surface area (Å²) < 4.78 is 0. The third-order valence-electron chi connectivity index (χ3n) is 4.35. The van der Waals surface area contributed by atoms with Gasteiger partial charge in [0.2, 0.25) is 5.91 Å². The molecule has 0 N–H and O–H groups in total. The molecule has 1 aliphatic rings. The van der Waals surface area contributed by atoms with E-state index in [9.17, 15) is 4.79 Å². The van der Waals surface area contributed by atoms with E-state index in [1.165, 1.54) is 0 Å². The van der Waals surface area contributed by atoms with E-state index in [0.717, 1.165) is 48.9 Å². The minimum absolute atomic E-state index is 0.176. The number of carbonyl (C=O) groups excluding carboxylic acids is 1. The highest BCUT2D eigenvalue weighted by molar-refractivity contribution is 6.31. The van der Waals surface area contributed by atoms with Gasteiger partial charge in [-0.15, -0.1) is 0 Å². The van der Waals surface area contributed by atoms with E-state index in [2.05, 4.69) is 11.0 Å². The third-order valence-corrected chi connectivity index (χ3v) is 4.97. The van der Waals surface area contributed by atoms with Crippen molar-refractivity contribution in [3.05, 3.63) is 69.7 Å². The molecule has 0 atom stereocenters. The maximum atomic E-state index is 12.4. The fourth-order valence-corrected chi connectivity index (χ4v) is 3.23. The summed E-state index contributed by atoms with van der Waals surface area (Å²) in [4.78, 5) is 16.7. The molecule has 5 heteroatoms. The fraction of sp³-hybridized carbons (Fsp3) is 0.316. The van der Waals surface area contributed by atoms with Crippen molar-refractivity contribution < 1.29 is 4.79 Å². The molecule has 3 rings (SSSR count). The Morgan fingerprint density at radius 3 is 2.25 bits per heavy atom. The average Bonchev–Trinajstić information content (AvgIpc) is 2.59. The first-order valence-corrected chi connectivity index (χ1v) is 8.85. The molecule has 1 saturated heterocycles. The van der Waals surface area contributed by atoms with Crippen LogP contribution < -0.4 is 0 Å². The first kappa shape index (κ1) is 17.3. The van der Waals surface area contributed by atoms with Crippen molar-refractivity contribution in [2.75, 3.05) is 26.2 Å². The van der Waals surface area contributed by atoms with Crippen molar-refractivity contribution in [2.24, 2.45) is 0 Å². The van der Waals surface area contributed by atoms with E-state index in [0.29, 0.717) is 11.4 Å². The maximum absolute atomic E-state index is 12.4. The summed E-state index contributed by atoms with van der Waals surface area (Å²) in [5.74, 6) is 0.176. The molecule has 3 nitrogen and oxygen atoms in total. The van der Waals surface area contributed by atoms with E-state index in [1.807, 2.05) is 47.4 Å². The van der Waals surface area contributed by atoms with Gasteiger partial charge in [0.25, 0.3) is 0 Å². The quantitative estimate of drug-likeness (QED) is 0.823. The van der Waals surface area contributed by atoms with Gasteiger partial charge in [-0.25, -0.2) is 0 Å². The predicted molar refractivity (Wildman–Crippen MR) is 98.5 cm³/mol. The Balaban J connectivity index is 1.50. The SMILES string of the molecule is O=C(Cc1ccc(Cl)cc1)N1CCN(Cc2ccccc2Cl)CC1. The summed E-state index contributed by atoms with van der Waals surface area (Å²) >= 11 is 12.1. The monoisotopic (exact) mass is 362 g/mol. The van der Waals surface area contributed by atoms with Crippen molar-refractivity contribution >= 4 is 29.1 Å². The molecule has 2 aromatic carbocycles. The number of carbonyl (C=O) groups is 1. The highest BCUT2D eigenvalue weighted by Crippen LogP contribution is 2.18. The molecule has 0 unspecified atom stereocenters. The summed E-state index contributed by atoms with van der Waals surface area (Å²) in [6.07, 6.45) is 0.432. The molecular weight excluding hydrogens is 343 g/mol. The zero-order valence-electron chi connectivity index (χ0n) is 13.4. The van der Waals surface area contributed by atoms with Crippen LogP contribution in [0.3, 0.4) is 0 Å². The zero-order chi connectivity index (χ0) is 16.9. The first-order valence-electron chi connectivity index (χ1n) is 8.10. The summed E-state index contributed by atoms with van der Waals surface area (Å²) in [6.45, 7) is 4.10. The van der Waals surface area contributed by atoms with Crippen molar-refractivity contribution in [1.82, 2.24) is 9.80 Å². The van der Waals surface area contributed by atoms with Crippen molar-refractivity contribution in [2.45, 2.75) is 13.0 Å². The van der Waals surface area contributed by atoms with Crippen LogP contribution >= 0.6 is 23.2 Å². The number of benzene rings is 2. The lowest BCUT2D eigenvalue weighted by Crippen LogP contribution is -2.48. The predicted octanol–water partition coefficient (Wildman–Crippen LogP) is 3.88. The Bertz CT molecular complexity index is 695. The van der Waals surface area contributed by atoms with E-state index in [4.69, 9.17) is 23.2 Å². The molecule has 2 aromatic rings. The summed E-state index contributed by atoms with van der Waals surface area (Å²) in [7, 11) is 0. The van der Waals surface area contributed by atoms with Gasteiger partial charge >= 0.3 is 0 Å². The molecule has 0 bridgehead atoms. The molecule has 24 heavy (non-hydrogen) atoms. The van der Waals surface area contributed by atoms with Gasteiger partial charge in [0.05, 0.1) is 6.42 Å². The first-order chi connectivity index (χ1) is 11.6. The molecule has 0 aromatic heterocycles. The molecule has 0 spiro atoms. The minimum Gasteiger partial charge on any atom is -0.340 e. The van der Waals surface area contributed by atoms with Crippen LogP contribution in [0.2, 0.25) is 10.0 Å². The van der Waals surface area contributed by atoms with Crippen LogP contribution in [0.25, 0.3) is 0 Å². The molecule has 1 aliphatic heterocycles. The number of amides is 1. The van der Waals surface area contributed by atoms with Gasteiger partial charge in [-0.2, -0.15) is 0 Å². The minimum atomic E-state index is 0.176. The molecule has 0 aliphatic carbocycles. The average molecular weight is 363 g/mol. The maximum Gasteiger partial charge on any atom is 0.227 e. The van der Waals surface area contributed by atoms with Gasteiger partial charge in [0, 0.05) is 42.8 Å². The highest BCUT2D eigenvalue weighted by Gasteiger charge is 2.21. The Hall–Kier alpha value is -1.55. The number of piperazine rings is 1. The van der Waals surface area contributed by atoms with Crippen LogP contribution in [0, 0.1) is 0 Å². The van der Waals surface area contributed by atoms with Crippen LogP contribution in [0.1, 0.15) is 11.1 Å². The Labute approximate surface area is 152 Å². The second-order valence-corrected chi connectivity index (χ2v) is 6.90. The van der Waals surface area contributed by atoms with Crippen LogP contribution in [0.4, 0.5) is 0 Å². The standard InChI is InChI=1S/C19H20Cl2N2O/c20-17-7-5-15(6-8-17)13-19(24)23-11-9-22(10-12-23)14-16-3-1-2-4-18(16)21/h1-8H,9-14H2. The normalized spacial score (nSPS) is 15.5. The van der Waals surface area contributed by atoms with Gasteiger partial charge in [0.1, 0.15) is 0 Å². The second-order valence-electron chi connectivity index (χ2n) is 6.05. The molecule has 0 saturated carbocycles. The fourth-order valence-electron chi connectivity index (χ4n) is 2.91. The van der Waals surface area contributed by atoms with Crippen molar-refractivity contribution in [3.63, 3.8) is 0 Å². The highest BCUT2D eigenvalue weighted by atomic mass is 35.5. The van der Waals surface area contributed by atoms with Crippen LogP contribution in [-0.2, 0) is 17.8 Å². The van der Waals surface area contributed by atoms with Crippen LogP contribution in [0.15, 0.2) is 48.5 Å². The molecule has 1 amide bonds. The van der Waals surface area contributed by atoms with Gasteiger partial charge in [-0.3, -0.25) is 9.69 Å². The van der Waals surface area contributed by atoms with E-state index < -0.39 is 0 Å². The lowest BCUT2D eigenvalue weighted by atomic mass is 10.1. The Kier molecular flexibility index (Phi) is 5.77. The molecule has 126 valence electrons. The van der Waals surface area contributed by atoms with Gasteiger partial charge in [-0.05, 0) is 29.3 Å². The van der Waals surface area contributed by atoms with E-state index in [1.54, 1.807) is 0 Å². The molecule has 0 radical (unpaired) electrons. The number of halogens is 2. The number of nitrogens with zero attached hydrogens (tertiary/aromatic N) is 2. The summed E-state index contributed by atoms with van der Waals surface area (Å²) in [5.41, 5.74) is 2.14. The Morgan fingerprint density at radius 2 is 1.58 bits per heavy atom. The zero-order valence-corrected chi connectivity index (χ0v) is 14.9. The van der Waals surface area contributed by atoms with Gasteiger partial charge in [0.15, 0.2) is 0 Å². The summed E-state index contributed by atoms with van der Waals surface area (Å²) in [6, 6.07) is 15.4. The Morgan fingerprint density at radius 1 is 0.917 bits per heavy atom. The summed E-state index contributed by atoms with van der Waals surface area (Å²) in [5, 5.41) is 1.50. The van der Waals surface area contributed by atoms with E-state index >= 15 is 0 Å².